The van der Waals surface area contributed by atoms with Gasteiger partial charge in [0.2, 0.25) is 9.84 Å². The molecular weight excluding hydrogens is 366 g/mol. The SMILES string of the molecule is COc1ccc(S(=O)(=O)c2[nH]nc3ccc(OC4CCNCC4)cc23)cc1. The Morgan fingerprint density at radius 1 is 1.04 bits per heavy atom. The minimum absolute atomic E-state index is 0.0680. The molecule has 0 amide bonds. The molecule has 8 heteroatoms. The first-order chi connectivity index (χ1) is 13.1. The van der Waals surface area contributed by atoms with Crippen molar-refractivity contribution in [1.29, 1.82) is 0 Å². The largest absolute Gasteiger partial charge is 0.497 e. The molecule has 0 spiro atoms. The number of rotatable bonds is 5. The van der Waals surface area contributed by atoms with Gasteiger partial charge in [0.05, 0.1) is 17.5 Å². The molecule has 0 aliphatic carbocycles. The van der Waals surface area contributed by atoms with Crippen LogP contribution in [0, 0.1) is 0 Å². The first-order valence-corrected chi connectivity index (χ1v) is 10.3. The van der Waals surface area contributed by atoms with E-state index in [1.165, 1.54) is 19.2 Å². The zero-order valence-electron chi connectivity index (χ0n) is 14.9. The van der Waals surface area contributed by atoms with Gasteiger partial charge in [0.15, 0.2) is 5.03 Å². The lowest BCUT2D eigenvalue weighted by Gasteiger charge is -2.23. The van der Waals surface area contributed by atoms with Gasteiger partial charge < -0.3 is 14.8 Å². The van der Waals surface area contributed by atoms with Crippen molar-refractivity contribution in [2.75, 3.05) is 20.2 Å². The van der Waals surface area contributed by atoms with E-state index < -0.39 is 9.84 Å². The van der Waals surface area contributed by atoms with E-state index in [-0.39, 0.29) is 16.0 Å². The molecule has 4 rings (SSSR count). The van der Waals surface area contributed by atoms with Crippen LogP contribution >= 0.6 is 0 Å². The van der Waals surface area contributed by atoms with E-state index in [2.05, 4.69) is 15.5 Å². The summed E-state index contributed by atoms with van der Waals surface area (Å²) >= 11 is 0. The number of nitrogens with one attached hydrogen (secondary N) is 2. The van der Waals surface area contributed by atoms with Gasteiger partial charge in [-0.05, 0) is 68.4 Å². The zero-order chi connectivity index (χ0) is 18.9. The van der Waals surface area contributed by atoms with Crippen molar-refractivity contribution in [3.63, 3.8) is 0 Å². The van der Waals surface area contributed by atoms with Crippen LogP contribution in [0.25, 0.3) is 10.9 Å². The first-order valence-electron chi connectivity index (χ1n) is 8.82. The third-order valence-corrected chi connectivity index (χ3v) is 6.46. The third-order valence-electron chi connectivity index (χ3n) is 4.72. The lowest BCUT2D eigenvalue weighted by atomic mass is 10.1. The van der Waals surface area contributed by atoms with Gasteiger partial charge >= 0.3 is 0 Å². The van der Waals surface area contributed by atoms with Gasteiger partial charge in [-0.25, -0.2) is 8.42 Å². The Hall–Kier alpha value is -2.58. The van der Waals surface area contributed by atoms with E-state index in [9.17, 15) is 8.42 Å². The molecule has 0 atom stereocenters. The van der Waals surface area contributed by atoms with E-state index in [1.807, 2.05) is 6.07 Å². The highest BCUT2D eigenvalue weighted by Gasteiger charge is 2.24. The number of aromatic amines is 1. The number of benzene rings is 2. The maximum absolute atomic E-state index is 13.0. The maximum atomic E-state index is 13.0. The van der Waals surface area contributed by atoms with Crippen LogP contribution in [0.5, 0.6) is 11.5 Å². The molecule has 2 heterocycles. The maximum Gasteiger partial charge on any atom is 0.223 e. The van der Waals surface area contributed by atoms with E-state index >= 15 is 0 Å². The summed E-state index contributed by atoms with van der Waals surface area (Å²) in [5.74, 6) is 1.25. The van der Waals surface area contributed by atoms with E-state index in [0.29, 0.717) is 22.4 Å². The highest BCUT2D eigenvalue weighted by atomic mass is 32.2. The van der Waals surface area contributed by atoms with Gasteiger partial charge in [-0.15, -0.1) is 0 Å². The van der Waals surface area contributed by atoms with Crippen LogP contribution in [0.2, 0.25) is 0 Å². The molecule has 3 aromatic rings. The fourth-order valence-electron chi connectivity index (χ4n) is 3.22. The fraction of sp³-hybridized carbons (Fsp3) is 0.316. The molecular formula is C19H21N3O4S. The van der Waals surface area contributed by atoms with Crippen LogP contribution < -0.4 is 14.8 Å². The van der Waals surface area contributed by atoms with Crippen molar-refractivity contribution in [1.82, 2.24) is 15.5 Å². The average Bonchev–Trinajstić information content (AvgIpc) is 3.13. The summed E-state index contributed by atoms with van der Waals surface area (Å²) in [7, 11) is -2.20. The molecule has 27 heavy (non-hydrogen) atoms. The predicted molar refractivity (Wildman–Crippen MR) is 101 cm³/mol. The van der Waals surface area contributed by atoms with Crippen molar-refractivity contribution in [2.45, 2.75) is 28.9 Å². The zero-order valence-corrected chi connectivity index (χ0v) is 15.8. The van der Waals surface area contributed by atoms with Crippen molar-refractivity contribution in [3.8, 4) is 11.5 Å². The monoisotopic (exact) mass is 387 g/mol. The van der Waals surface area contributed by atoms with Crippen molar-refractivity contribution < 1.29 is 17.9 Å². The molecule has 1 fully saturated rings. The first kappa shape index (κ1) is 17.8. The second kappa shape index (κ2) is 7.21. The van der Waals surface area contributed by atoms with Gasteiger partial charge in [-0.3, -0.25) is 5.10 Å². The van der Waals surface area contributed by atoms with Gasteiger partial charge in [-0.2, -0.15) is 5.10 Å². The number of piperidine rings is 1. The standard InChI is InChI=1S/C19H21N3O4S/c1-25-13-2-5-16(6-3-13)27(23,24)19-17-12-15(4-7-18(17)21-22-19)26-14-8-10-20-11-9-14/h2-7,12,14,20H,8-11H2,1H3,(H,21,22). The summed E-state index contributed by atoms with van der Waals surface area (Å²) < 4.78 is 37.2. The number of nitrogens with zero attached hydrogens (tertiary/aromatic N) is 1. The van der Waals surface area contributed by atoms with Crippen LogP contribution in [-0.2, 0) is 9.84 Å². The molecule has 1 saturated heterocycles. The van der Waals surface area contributed by atoms with E-state index in [4.69, 9.17) is 9.47 Å². The summed E-state index contributed by atoms with van der Waals surface area (Å²) in [5, 5.41) is 10.7. The van der Waals surface area contributed by atoms with Crippen molar-refractivity contribution in [2.24, 2.45) is 0 Å². The summed E-state index contributed by atoms with van der Waals surface area (Å²) in [6.07, 6.45) is 2.00. The number of H-pyrrole nitrogens is 1. The minimum atomic E-state index is -3.74. The number of hydrogen-bond acceptors (Lipinski definition) is 6. The number of ether oxygens (including phenoxy) is 2. The van der Waals surface area contributed by atoms with Crippen LogP contribution in [0.1, 0.15) is 12.8 Å². The molecule has 2 N–H and O–H groups in total. The van der Waals surface area contributed by atoms with Crippen molar-refractivity contribution >= 4 is 20.7 Å². The second-order valence-corrected chi connectivity index (χ2v) is 8.36. The van der Waals surface area contributed by atoms with E-state index in [1.54, 1.807) is 24.3 Å². The smallest absolute Gasteiger partial charge is 0.223 e. The summed E-state index contributed by atoms with van der Waals surface area (Å²) in [5.41, 5.74) is 0.583. The third kappa shape index (κ3) is 3.50. The quantitative estimate of drug-likeness (QED) is 0.699. The molecule has 0 bridgehead atoms. The van der Waals surface area contributed by atoms with Crippen LogP contribution in [0.15, 0.2) is 52.4 Å². The molecule has 0 unspecified atom stereocenters. The normalized spacial score (nSPS) is 15.7. The molecule has 1 aliphatic rings. The summed E-state index contributed by atoms with van der Waals surface area (Å²) in [6.45, 7) is 1.85. The Morgan fingerprint density at radius 3 is 2.44 bits per heavy atom. The molecule has 1 aromatic heterocycles. The Morgan fingerprint density at radius 2 is 1.74 bits per heavy atom. The molecule has 2 aromatic carbocycles. The average molecular weight is 387 g/mol. The highest BCUT2D eigenvalue weighted by molar-refractivity contribution is 7.91. The molecule has 0 saturated carbocycles. The Bertz CT molecular complexity index is 1040. The molecule has 1 aliphatic heterocycles. The number of methoxy groups -OCH3 is 1. The second-order valence-electron chi connectivity index (χ2n) is 6.48. The molecule has 7 nitrogen and oxygen atoms in total. The number of aromatic nitrogens is 2. The Kier molecular flexibility index (Phi) is 4.75. The van der Waals surface area contributed by atoms with Gasteiger partial charge in [0.25, 0.3) is 0 Å². The Balaban J connectivity index is 1.69. The Labute approximate surface area is 157 Å². The van der Waals surface area contributed by atoms with Crippen LogP contribution in [0.4, 0.5) is 0 Å². The van der Waals surface area contributed by atoms with E-state index in [0.717, 1.165) is 25.9 Å². The highest BCUT2D eigenvalue weighted by Crippen LogP contribution is 2.30. The number of sulfone groups is 1. The fourth-order valence-corrected chi connectivity index (χ4v) is 4.57. The minimum Gasteiger partial charge on any atom is -0.497 e. The lowest BCUT2D eigenvalue weighted by molar-refractivity contribution is 0.162. The number of fused-ring (bicyclic) bond motifs is 1. The van der Waals surface area contributed by atoms with Crippen LogP contribution in [-0.4, -0.2) is 44.9 Å². The summed E-state index contributed by atoms with van der Waals surface area (Å²) in [4.78, 5) is 0.179. The van der Waals surface area contributed by atoms with Gasteiger partial charge in [-0.1, -0.05) is 0 Å². The predicted octanol–water partition coefficient (Wildman–Crippen LogP) is 2.54. The van der Waals surface area contributed by atoms with Gasteiger partial charge in [0.1, 0.15) is 17.6 Å². The molecule has 0 radical (unpaired) electrons. The van der Waals surface area contributed by atoms with Crippen LogP contribution in [0.3, 0.4) is 0 Å². The lowest BCUT2D eigenvalue weighted by Crippen LogP contribution is -2.34. The summed E-state index contributed by atoms with van der Waals surface area (Å²) in [6, 6.07) is 11.6. The number of hydrogen-bond donors (Lipinski definition) is 2. The molecule has 142 valence electrons. The van der Waals surface area contributed by atoms with Gasteiger partial charge in [0, 0.05) is 5.39 Å². The van der Waals surface area contributed by atoms with Crippen molar-refractivity contribution in [3.05, 3.63) is 42.5 Å². The topological polar surface area (TPSA) is 93.3 Å².